The lowest BCUT2D eigenvalue weighted by molar-refractivity contribution is -0.132. The van der Waals surface area contributed by atoms with Gasteiger partial charge in [0.15, 0.2) is 11.5 Å². The molecule has 6 nitrogen and oxygen atoms in total. The fourth-order valence-corrected chi connectivity index (χ4v) is 6.12. The van der Waals surface area contributed by atoms with Crippen molar-refractivity contribution in [2.24, 2.45) is 5.92 Å². The monoisotopic (exact) mass is 468 g/mol. The van der Waals surface area contributed by atoms with Crippen molar-refractivity contribution >= 4 is 29.7 Å². The number of benzene rings is 2. The third-order valence-corrected chi connectivity index (χ3v) is 7.93. The minimum atomic E-state index is -0.342. The number of hydrogen-bond donors (Lipinski definition) is 1. The van der Waals surface area contributed by atoms with Gasteiger partial charge in [0.2, 0.25) is 12.7 Å². The molecule has 0 aromatic heterocycles. The molecule has 3 unspecified atom stereocenters. The van der Waals surface area contributed by atoms with Crippen LogP contribution in [0.3, 0.4) is 0 Å². The van der Waals surface area contributed by atoms with Gasteiger partial charge in [-0.3, -0.25) is 9.59 Å². The molecule has 2 heterocycles. The molecule has 0 bridgehead atoms. The zero-order chi connectivity index (χ0) is 22.9. The molecule has 8 heteroatoms. The summed E-state index contributed by atoms with van der Waals surface area (Å²) < 4.78 is 24.8. The summed E-state index contributed by atoms with van der Waals surface area (Å²) in [7, 11) is 1.78. The number of ether oxygens (including phenoxy) is 2. The molecule has 172 valence electrons. The number of halogens is 1. The lowest BCUT2D eigenvalue weighted by Gasteiger charge is -2.44. The summed E-state index contributed by atoms with van der Waals surface area (Å²) in [6, 6.07) is 12.1. The first-order valence-corrected chi connectivity index (χ1v) is 11.9. The Kier molecular flexibility index (Phi) is 6.01. The van der Waals surface area contributed by atoms with Gasteiger partial charge in [-0.25, -0.2) is 4.39 Å². The van der Waals surface area contributed by atoms with E-state index in [1.807, 2.05) is 18.2 Å². The minimum absolute atomic E-state index is 0.00432. The number of rotatable bonds is 4. The van der Waals surface area contributed by atoms with Gasteiger partial charge < -0.3 is 19.7 Å². The van der Waals surface area contributed by atoms with E-state index in [9.17, 15) is 14.0 Å². The SMILES string of the molecule is CN1C(=O)/C(=C\c2ccccc2F)SC2CCC(C(=O)NCc3ccc4c(c3)OCO4)CC21. The van der Waals surface area contributed by atoms with Gasteiger partial charge in [0, 0.05) is 36.4 Å². The third kappa shape index (κ3) is 4.44. The zero-order valence-corrected chi connectivity index (χ0v) is 19.1. The van der Waals surface area contributed by atoms with Gasteiger partial charge in [-0.15, -0.1) is 11.8 Å². The quantitative estimate of drug-likeness (QED) is 0.689. The summed E-state index contributed by atoms with van der Waals surface area (Å²) in [5.74, 6) is 0.810. The number of thioether (sulfide) groups is 1. The summed E-state index contributed by atoms with van der Waals surface area (Å²) in [4.78, 5) is 28.1. The molecule has 2 aromatic carbocycles. The first-order chi connectivity index (χ1) is 16.0. The largest absolute Gasteiger partial charge is 0.454 e. The van der Waals surface area contributed by atoms with Crippen LogP contribution in [-0.2, 0) is 16.1 Å². The number of hydrogen-bond acceptors (Lipinski definition) is 5. The summed E-state index contributed by atoms with van der Waals surface area (Å²) in [6.45, 7) is 0.635. The van der Waals surface area contributed by atoms with Gasteiger partial charge in [0.1, 0.15) is 5.82 Å². The van der Waals surface area contributed by atoms with E-state index in [4.69, 9.17) is 9.47 Å². The Bertz CT molecular complexity index is 1120. The van der Waals surface area contributed by atoms with Crippen LogP contribution < -0.4 is 14.8 Å². The van der Waals surface area contributed by atoms with Crippen molar-refractivity contribution in [2.75, 3.05) is 13.8 Å². The summed E-state index contributed by atoms with van der Waals surface area (Å²) in [6.07, 6.45) is 3.85. The predicted octanol–water partition coefficient (Wildman–Crippen LogP) is 3.95. The highest BCUT2D eigenvalue weighted by atomic mass is 32.2. The Morgan fingerprint density at radius 3 is 2.88 bits per heavy atom. The van der Waals surface area contributed by atoms with Crippen LogP contribution in [0.2, 0.25) is 0 Å². The van der Waals surface area contributed by atoms with Crippen LogP contribution in [0.4, 0.5) is 4.39 Å². The molecule has 3 atom stereocenters. The van der Waals surface area contributed by atoms with Gasteiger partial charge >= 0.3 is 0 Å². The molecule has 1 saturated heterocycles. The van der Waals surface area contributed by atoms with Gasteiger partial charge in [0.25, 0.3) is 5.91 Å². The van der Waals surface area contributed by atoms with Crippen LogP contribution >= 0.6 is 11.8 Å². The van der Waals surface area contributed by atoms with E-state index in [-0.39, 0.29) is 41.6 Å². The van der Waals surface area contributed by atoms with E-state index in [2.05, 4.69) is 5.32 Å². The second-order valence-electron chi connectivity index (χ2n) is 8.59. The summed E-state index contributed by atoms with van der Waals surface area (Å²) >= 11 is 1.51. The normalized spacial score (nSPS) is 25.2. The first-order valence-electron chi connectivity index (χ1n) is 11.1. The molecule has 1 aliphatic carbocycles. The van der Waals surface area contributed by atoms with Crippen LogP contribution in [-0.4, -0.2) is 41.8 Å². The van der Waals surface area contributed by atoms with Crippen molar-refractivity contribution < 1.29 is 23.5 Å². The average molecular weight is 469 g/mol. The van der Waals surface area contributed by atoms with Crippen molar-refractivity contribution in [3.8, 4) is 11.5 Å². The number of carbonyl (C=O) groups excluding carboxylic acids is 2. The molecule has 2 aromatic rings. The van der Waals surface area contributed by atoms with Crippen LogP contribution in [0.25, 0.3) is 6.08 Å². The number of fused-ring (bicyclic) bond motifs is 2. The standard InChI is InChI=1S/C25H25FN2O4S/c1-28-19-11-17(24(29)27-13-15-6-8-20-21(10-15)32-14-31-20)7-9-22(19)33-23(25(28)30)12-16-4-2-3-5-18(16)26/h2-6,8,10,12,17,19,22H,7,9,11,13-14H2,1H3,(H,27,29)/b23-12+. The maximum Gasteiger partial charge on any atom is 0.260 e. The predicted molar refractivity (Wildman–Crippen MR) is 124 cm³/mol. The number of nitrogens with one attached hydrogen (secondary N) is 1. The molecule has 3 aliphatic rings. The fraction of sp³-hybridized carbons (Fsp3) is 0.360. The Morgan fingerprint density at radius 1 is 1.21 bits per heavy atom. The van der Waals surface area contributed by atoms with Crippen LogP contribution in [0.1, 0.15) is 30.4 Å². The summed E-state index contributed by atoms with van der Waals surface area (Å²) in [5.41, 5.74) is 1.36. The third-order valence-electron chi connectivity index (χ3n) is 6.53. The highest BCUT2D eigenvalue weighted by Crippen LogP contribution is 2.43. The first kappa shape index (κ1) is 21.8. The second kappa shape index (κ2) is 9.09. The van der Waals surface area contributed by atoms with E-state index in [1.54, 1.807) is 36.2 Å². The van der Waals surface area contributed by atoms with Crippen molar-refractivity contribution in [2.45, 2.75) is 37.1 Å². The highest BCUT2D eigenvalue weighted by Gasteiger charge is 2.42. The number of amides is 2. The van der Waals surface area contributed by atoms with Crippen molar-refractivity contribution in [3.05, 3.63) is 64.3 Å². The highest BCUT2D eigenvalue weighted by molar-refractivity contribution is 8.04. The topological polar surface area (TPSA) is 67.9 Å². The Labute approximate surface area is 196 Å². The molecule has 2 amide bonds. The Morgan fingerprint density at radius 2 is 2.03 bits per heavy atom. The number of nitrogens with zero attached hydrogens (tertiary/aromatic N) is 1. The van der Waals surface area contributed by atoms with E-state index >= 15 is 0 Å². The molecular weight excluding hydrogens is 443 g/mol. The van der Waals surface area contributed by atoms with Gasteiger partial charge in [-0.2, -0.15) is 0 Å². The van der Waals surface area contributed by atoms with Crippen LogP contribution in [0.5, 0.6) is 11.5 Å². The maximum absolute atomic E-state index is 14.1. The smallest absolute Gasteiger partial charge is 0.260 e. The van der Waals surface area contributed by atoms with Crippen molar-refractivity contribution in [1.29, 1.82) is 0 Å². The number of carbonyl (C=O) groups is 2. The van der Waals surface area contributed by atoms with Crippen molar-refractivity contribution in [3.63, 3.8) is 0 Å². The average Bonchev–Trinajstić information content (AvgIpc) is 3.30. The lowest BCUT2D eigenvalue weighted by Crippen LogP contribution is -2.52. The van der Waals surface area contributed by atoms with Crippen molar-refractivity contribution in [1.82, 2.24) is 10.2 Å². The van der Waals surface area contributed by atoms with E-state index < -0.39 is 0 Å². The Hall–Kier alpha value is -3.00. The van der Waals surface area contributed by atoms with E-state index in [1.165, 1.54) is 17.8 Å². The zero-order valence-electron chi connectivity index (χ0n) is 18.3. The number of likely N-dealkylation sites (N-methyl/N-ethyl adjacent to an activating group) is 1. The van der Waals surface area contributed by atoms with Crippen LogP contribution in [0, 0.1) is 11.7 Å². The minimum Gasteiger partial charge on any atom is -0.454 e. The Balaban J connectivity index is 1.21. The molecule has 0 radical (unpaired) electrons. The molecule has 33 heavy (non-hydrogen) atoms. The van der Waals surface area contributed by atoms with E-state index in [0.717, 1.165) is 18.4 Å². The molecule has 1 N–H and O–H groups in total. The van der Waals surface area contributed by atoms with Crippen LogP contribution in [0.15, 0.2) is 47.4 Å². The molecular formula is C25H25FN2O4S. The maximum atomic E-state index is 14.1. The lowest BCUT2D eigenvalue weighted by atomic mass is 9.83. The van der Waals surface area contributed by atoms with Gasteiger partial charge in [-0.1, -0.05) is 24.3 Å². The molecule has 5 rings (SSSR count). The van der Waals surface area contributed by atoms with Gasteiger partial charge in [0.05, 0.1) is 4.91 Å². The molecule has 1 saturated carbocycles. The van der Waals surface area contributed by atoms with Gasteiger partial charge in [-0.05, 0) is 49.1 Å². The molecule has 2 aliphatic heterocycles. The second-order valence-corrected chi connectivity index (χ2v) is 9.87. The molecule has 0 spiro atoms. The fourth-order valence-electron chi connectivity index (χ4n) is 4.65. The molecule has 2 fully saturated rings. The van der Waals surface area contributed by atoms with E-state index in [0.29, 0.717) is 34.9 Å². The summed E-state index contributed by atoms with van der Waals surface area (Å²) in [5, 5.41) is 3.23.